The van der Waals surface area contributed by atoms with E-state index in [9.17, 15) is 0 Å². The van der Waals surface area contributed by atoms with Crippen molar-refractivity contribution >= 4 is 0 Å². The van der Waals surface area contributed by atoms with Gasteiger partial charge in [0.2, 0.25) is 0 Å². The lowest BCUT2D eigenvalue weighted by atomic mass is 9.63. The third-order valence-electron chi connectivity index (χ3n) is 7.16. The second kappa shape index (κ2) is 4.27. The number of benzene rings is 2. The van der Waals surface area contributed by atoms with E-state index >= 15 is 0 Å². The first-order valence-corrected chi connectivity index (χ1v) is 8.91. The lowest BCUT2D eigenvalue weighted by Crippen LogP contribution is -2.41. The van der Waals surface area contributed by atoms with Crippen LogP contribution < -0.4 is 0 Å². The second-order valence-electron chi connectivity index (χ2n) is 8.21. The van der Waals surface area contributed by atoms with E-state index in [1.807, 2.05) is 0 Å². The van der Waals surface area contributed by atoms with Gasteiger partial charge in [0, 0.05) is 11.8 Å². The molecule has 0 unspecified atom stereocenters. The minimum Gasteiger partial charge on any atom is -0.356 e. The zero-order chi connectivity index (χ0) is 15.7. The van der Waals surface area contributed by atoms with Crippen molar-refractivity contribution in [1.29, 1.82) is 0 Å². The van der Waals surface area contributed by atoms with Crippen LogP contribution in [0.15, 0.2) is 60.7 Å². The van der Waals surface area contributed by atoms with Crippen LogP contribution in [-0.2, 0) is 16.8 Å². The number of hydrogen-bond donors (Lipinski definition) is 0. The van der Waals surface area contributed by atoms with Crippen LogP contribution in [0.25, 0.3) is 0 Å². The molecule has 3 fully saturated rings. The summed E-state index contributed by atoms with van der Waals surface area (Å²) in [7, 11) is 0. The molecule has 0 N–H and O–H groups in total. The Bertz CT molecular complexity index is 735. The van der Waals surface area contributed by atoms with Gasteiger partial charge in [-0.3, -0.25) is 0 Å². The van der Waals surface area contributed by atoms with Gasteiger partial charge in [-0.1, -0.05) is 74.5 Å². The molecule has 0 amide bonds. The summed E-state index contributed by atoms with van der Waals surface area (Å²) in [5.41, 5.74) is 2.96. The van der Waals surface area contributed by atoms with Crippen molar-refractivity contribution in [3.63, 3.8) is 0 Å². The van der Waals surface area contributed by atoms with E-state index in [0.29, 0.717) is 5.92 Å². The van der Waals surface area contributed by atoms with E-state index in [4.69, 9.17) is 4.74 Å². The summed E-state index contributed by atoms with van der Waals surface area (Å²) in [6, 6.07) is 21.9. The Morgan fingerprint density at radius 2 is 1.48 bits per heavy atom. The molecule has 0 radical (unpaired) electrons. The first-order valence-electron chi connectivity index (χ1n) is 8.91. The Hall–Kier alpha value is -1.60. The highest BCUT2D eigenvalue weighted by Gasteiger charge is 2.87. The molecule has 2 aromatic rings. The fraction of sp³-hybridized carbons (Fsp3) is 0.455. The van der Waals surface area contributed by atoms with Crippen LogP contribution in [0, 0.1) is 17.3 Å². The molecule has 1 heteroatoms. The third-order valence-corrected chi connectivity index (χ3v) is 7.16. The zero-order valence-corrected chi connectivity index (χ0v) is 14.0. The van der Waals surface area contributed by atoms with Gasteiger partial charge in [0.25, 0.3) is 0 Å². The highest BCUT2D eigenvalue weighted by Crippen LogP contribution is 2.82. The molecule has 4 atom stereocenters. The Morgan fingerprint density at radius 3 is 2.09 bits per heavy atom. The molecule has 1 heterocycles. The van der Waals surface area contributed by atoms with Crippen LogP contribution in [-0.4, -0.2) is 5.60 Å². The summed E-state index contributed by atoms with van der Waals surface area (Å²) in [4.78, 5) is 0. The lowest BCUT2D eigenvalue weighted by Gasteiger charge is -2.44. The minimum atomic E-state index is -0.0451. The van der Waals surface area contributed by atoms with E-state index in [2.05, 4.69) is 74.5 Å². The molecule has 1 nitrogen and oxygen atoms in total. The maximum absolute atomic E-state index is 6.77. The van der Waals surface area contributed by atoms with Crippen molar-refractivity contribution < 1.29 is 4.74 Å². The summed E-state index contributed by atoms with van der Waals surface area (Å²) >= 11 is 0. The van der Waals surface area contributed by atoms with Gasteiger partial charge in [0.1, 0.15) is 11.2 Å². The molecule has 2 aliphatic carbocycles. The molecule has 1 aliphatic heterocycles. The van der Waals surface area contributed by atoms with Crippen LogP contribution in [0.4, 0.5) is 0 Å². The standard InChI is InChI=1S/C22H24O/c1-20(2)18-13-14-19(18)22(17-11-7-4-8-12-17)21(20,23-22)15-16-9-5-3-6-10-16/h3-12,18-19H,13-15H2,1-2H3/t18-,19+,21-,22+/m0/s1. The Labute approximate surface area is 138 Å². The lowest BCUT2D eigenvalue weighted by molar-refractivity contribution is -0.0376. The molecule has 5 rings (SSSR count). The Morgan fingerprint density at radius 1 is 0.870 bits per heavy atom. The molecule has 23 heavy (non-hydrogen) atoms. The van der Waals surface area contributed by atoms with Crippen molar-refractivity contribution in [2.24, 2.45) is 17.3 Å². The second-order valence-corrected chi connectivity index (χ2v) is 8.21. The SMILES string of the molecule is CC1(C)[C@H]2CC[C@H]2[C@@]2(c3ccccc3)O[C@@]12Cc1ccccc1. The van der Waals surface area contributed by atoms with E-state index in [1.54, 1.807) is 0 Å². The van der Waals surface area contributed by atoms with Gasteiger partial charge in [-0.15, -0.1) is 0 Å². The van der Waals surface area contributed by atoms with Crippen molar-refractivity contribution in [2.45, 2.75) is 44.3 Å². The average molecular weight is 304 g/mol. The molecular weight excluding hydrogens is 280 g/mol. The minimum absolute atomic E-state index is 0.0332. The number of fused-ring (bicyclic) bond motifs is 3. The number of epoxide rings is 1. The maximum Gasteiger partial charge on any atom is 0.127 e. The highest BCUT2D eigenvalue weighted by molar-refractivity contribution is 5.45. The maximum atomic E-state index is 6.77. The molecule has 0 spiro atoms. The van der Waals surface area contributed by atoms with E-state index < -0.39 is 0 Å². The van der Waals surface area contributed by atoms with E-state index in [0.717, 1.165) is 12.3 Å². The predicted octanol–water partition coefficient (Wildman–Crippen LogP) is 4.96. The van der Waals surface area contributed by atoms with E-state index in [-0.39, 0.29) is 16.6 Å². The van der Waals surface area contributed by atoms with Crippen molar-refractivity contribution in [3.05, 3.63) is 71.8 Å². The fourth-order valence-electron chi connectivity index (χ4n) is 5.85. The molecule has 2 saturated carbocycles. The van der Waals surface area contributed by atoms with Gasteiger partial charge >= 0.3 is 0 Å². The van der Waals surface area contributed by atoms with Crippen molar-refractivity contribution in [3.8, 4) is 0 Å². The van der Waals surface area contributed by atoms with Gasteiger partial charge in [-0.05, 0) is 35.8 Å². The summed E-state index contributed by atoms with van der Waals surface area (Å²) in [5.74, 6) is 1.50. The van der Waals surface area contributed by atoms with Crippen LogP contribution in [0.5, 0.6) is 0 Å². The molecular formula is C22H24O. The molecule has 2 aromatic carbocycles. The van der Waals surface area contributed by atoms with Gasteiger partial charge in [-0.2, -0.15) is 0 Å². The molecule has 3 aliphatic rings. The summed E-state index contributed by atoms with van der Waals surface area (Å²) in [6.07, 6.45) is 3.72. The Kier molecular flexibility index (Phi) is 2.56. The number of rotatable bonds is 3. The largest absolute Gasteiger partial charge is 0.356 e. The van der Waals surface area contributed by atoms with Crippen LogP contribution >= 0.6 is 0 Å². The summed E-state index contributed by atoms with van der Waals surface area (Å²) in [6.45, 7) is 4.90. The number of hydrogen-bond acceptors (Lipinski definition) is 1. The van der Waals surface area contributed by atoms with Gasteiger partial charge in [0.15, 0.2) is 0 Å². The van der Waals surface area contributed by atoms with Crippen molar-refractivity contribution in [1.82, 2.24) is 0 Å². The first kappa shape index (κ1) is 13.8. The quantitative estimate of drug-likeness (QED) is 0.730. The van der Waals surface area contributed by atoms with Gasteiger partial charge in [-0.25, -0.2) is 0 Å². The summed E-state index contributed by atoms with van der Waals surface area (Å²) in [5, 5.41) is 0. The molecule has 118 valence electrons. The molecule has 0 bridgehead atoms. The van der Waals surface area contributed by atoms with Crippen LogP contribution in [0.1, 0.15) is 37.8 Å². The number of ether oxygens (including phenoxy) is 1. The molecule has 1 saturated heterocycles. The third kappa shape index (κ3) is 1.48. The van der Waals surface area contributed by atoms with Crippen LogP contribution in [0.2, 0.25) is 0 Å². The van der Waals surface area contributed by atoms with Gasteiger partial charge in [0.05, 0.1) is 0 Å². The monoisotopic (exact) mass is 304 g/mol. The van der Waals surface area contributed by atoms with Crippen molar-refractivity contribution in [2.75, 3.05) is 0 Å². The predicted molar refractivity (Wildman–Crippen MR) is 92.1 cm³/mol. The highest BCUT2D eigenvalue weighted by atomic mass is 16.6. The normalized spacial score (nSPS) is 39.2. The fourth-order valence-corrected chi connectivity index (χ4v) is 5.85. The van der Waals surface area contributed by atoms with Crippen LogP contribution in [0.3, 0.4) is 0 Å². The molecule has 0 aromatic heterocycles. The smallest absolute Gasteiger partial charge is 0.127 e. The zero-order valence-electron chi connectivity index (χ0n) is 14.0. The summed E-state index contributed by atoms with van der Waals surface area (Å²) < 4.78 is 6.77. The first-order chi connectivity index (χ1) is 11.1. The average Bonchev–Trinajstić information content (AvgIpc) is 3.16. The van der Waals surface area contributed by atoms with E-state index in [1.165, 1.54) is 24.0 Å². The van der Waals surface area contributed by atoms with Gasteiger partial charge < -0.3 is 4.74 Å². The Balaban J connectivity index is 1.64. The topological polar surface area (TPSA) is 12.5 Å².